The van der Waals surface area contributed by atoms with Crippen LogP contribution in [0, 0.1) is 0 Å². The zero-order valence-corrected chi connectivity index (χ0v) is 13.0. The third kappa shape index (κ3) is 5.39. The first kappa shape index (κ1) is 16.3. The van der Waals surface area contributed by atoms with Gasteiger partial charge >= 0.3 is 0 Å². The first-order valence-corrected chi connectivity index (χ1v) is 9.18. The topological polar surface area (TPSA) is 49.9 Å². The summed E-state index contributed by atoms with van der Waals surface area (Å²) in [5, 5.41) is -0.342. The highest BCUT2D eigenvalue weighted by molar-refractivity contribution is 7.91. The molecular weight excluding hydrogens is 258 g/mol. The van der Waals surface area contributed by atoms with Crippen molar-refractivity contribution in [1.29, 1.82) is 0 Å². The van der Waals surface area contributed by atoms with Gasteiger partial charge in [-0.15, -0.1) is 0 Å². The van der Waals surface area contributed by atoms with Crippen LogP contribution in [0.2, 0.25) is 0 Å². The van der Waals surface area contributed by atoms with Gasteiger partial charge in [0.05, 0.1) is 5.75 Å². The fourth-order valence-corrected chi connectivity index (χ4v) is 4.30. The fourth-order valence-electron chi connectivity index (χ4n) is 2.35. The average Bonchev–Trinajstić information content (AvgIpc) is 2.88. The lowest BCUT2D eigenvalue weighted by atomic mass is 10.1. The van der Waals surface area contributed by atoms with Crippen molar-refractivity contribution < 1.29 is 8.42 Å². The summed E-state index contributed by atoms with van der Waals surface area (Å²) in [5.74, 6) is 0.316. The molecule has 0 saturated heterocycles. The molecule has 0 amide bonds. The number of hydrogen-bond acceptors (Lipinski definition) is 2. The van der Waals surface area contributed by atoms with Gasteiger partial charge in [0.15, 0.2) is 9.84 Å². The summed E-state index contributed by atoms with van der Waals surface area (Å²) in [6.07, 6.45) is 8.57. The molecule has 1 aromatic rings. The van der Waals surface area contributed by atoms with Gasteiger partial charge in [-0.3, -0.25) is 0 Å². The van der Waals surface area contributed by atoms with Crippen molar-refractivity contribution in [2.24, 2.45) is 0 Å². The molecule has 0 spiro atoms. The predicted octanol–water partition coefficient (Wildman–Crippen LogP) is 4.24. The van der Waals surface area contributed by atoms with Crippen LogP contribution in [0.25, 0.3) is 0 Å². The van der Waals surface area contributed by atoms with E-state index in [1.807, 2.05) is 18.3 Å². The minimum atomic E-state index is -3.03. The van der Waals surface area contributed by atoms with E-state index < -0.39 is 9.84 Å². The predicted molar refractivity (Wildman–Crippen MR) is 81.0 cm³/mol. The van der Waals surface area contributed by atoms with Crippen LogP contribution in [0.5, 0.6) is 0 Å². The third-order valence-electron chi connectivity index (χ3n) is 3.50. The van der Waals surface area contributed by atoms with E-state index in [1.54, 1.807) is 0 Å². The Bertz CT molecular complexity index is 423. The molecule has 1 heterocycles. The quantitative estimate of drug-likeness (QED) is 0.654. The molecule has 19 heavy (non-hydrogen) atoms. The van der Waals surface area contributed by atoms with E-state index in [1.165, 1.54) is 0 Å². The number of hydrogen-bond donors (Lipinski definition) is 1. The second kappa shape index (κ2) is 8.41. The number of unbranched alkanes of at least 4 members (excludes halogenated alkanes) is 4. The normalized spacial score (nSPS) is 13.6. The van der Waals surface area contributed by atoms with Gasteiger partial charge < -0.3 is 4.98 Å². The molecule has 0 aliphatic carbocycles. The lowest BCUT2D eigenvalue weighted by molar-refractivity contribution is 0.557. The first-order chi connectivity index (χ1) is 9.11. The number of nitrogens with one attached hydrogen (secondary N) is 1. The average molecular weight is 285 g/mol. The lowest BCUT2D eigenvalue weighted by Gasteiger charge is -2.16. The summed E-state index contributed by atoms with van der Waals surface area (Å²) in [6, 6.07) is 3.78. The minimum absolute atomic E-state index is 0.316. The highest BCUT2D eigenvalue weighted by Crippen LogP contribution is 2.28. The van der Waals surface area contributed by atoms with E-state index in [4.69, 9.17) is 0 Å². The van der Waals surface area contributed by atoms with Gasteiger partial charge in [-0.2, -0.15) is 0 Å². The van der Waals surface area contributed by atoms with E-state index in [0.717, 1.165) is 50.6 Å². The van der Waals surface area contributed by atoms with Gasteiger partial charge in [-0.05, 0) is 25.0 Å². The van der Waals surface area contributed by atoms with Crippen LogP contribution in [0.1, 0.15) is 69.7 Å². The number of H-pyrrole nitrogens is 1. The molecule has 1 atom stereocenters. The van der Waals surface area contributed by atoms with Gasteiger partial charge in [0.1, 0.15) is 5.25 Å². The van der Waals surface area contributed by atoms with Gasteiger partial charge in [0.25, 0.3) is 0 Å². The van der Waals surface area contributed by atoms with Crippen LogP contribution >= 0.6 is 0 Å². The van der Waals surface area contributed by atoms with Crippen LogP contribution in [-0.4, -0.2) is 19.2 Å². The van der Waals surface area contributed by atoms with Gasteiger partial charge in [0.2, 0.25) is 0 Å². The molecule has 1 N–H and O–H groups in total. The SMILES string of the molecule is CCCCCC(c1ccc[nH]1)S(=O)(=O)CCCCC. The van der Waals surface area contributed by atoms with Crippen LogP contribution in [0.4, 0.5) is 0 Å². The molecule has 4 heteroatoms. The summed E-state index contributed by atoms with van der Waals surface area (Å²) < 4.78 is 25.0. The van der Waals surface area contributed by atoms with Crippen LogP contribution < -0.4 is 0 Å². The summed E-state index contributed by atoms with van der Waals surface area (Å²) in [4.78, 5) is 3.08. The highest BCUT2D eigenvalue weighted by atomic mass is 32.2. The molecule has 0 aliphatic heterocycles. The number of aromatic amines is 1. The smallest absolute Gasteiger partial charge is 0.158 e. The Morgan fingerprint density at radius 1 is 1.11 bits per heavy atom. The van der Waals surface area contributed by atoms with E-state index in [9.17, 15) is 8.42 Å². The molecule has 110 valence electrons. The lowest BCUT2D eigenvalue weighted by Crippen LogP contribution is -2.17. The van der Waals surface area contributed by atoms with E-state index in [2.05, 4.69) is 18.8 Å². The number of rotatable bonds is 10. The van der Waals surface area contributed by atoms with Crippen molar-refractivity contribution in [3.05, 3.63) is 24.0 Å². The molecule has 0 aromatic carbocycles. The Balaban J connectivity index is 2.72. The molecule has 0 fully saturated rings. The van der Waals surface area contributed by atoms with Gasteiger partial charge in [-0.1, -0.05) is 46.0 Å². The second-order valence-corrected chi connectivity index (χ2v) is 7.49. The zero-order chi connectivity index (χ0) is 14.1. The van der Waals surface area contributed by atoms with Crippen LogP contribution in [0.15, 0.2) is 18.3 Å². The Hall–Kier alpha value is -0.770. The third-order valence-corrected chi connectivity index (χ3v) is 5.72. The molecule has 0 radical (unpaired) electrons. The molecule has 0 aliphatic rings. The van der Waals surface area contributed by atoms with Crippen molar-refractivity contribution >= 4 is 9.84 Å². The molecule has 1 unspecified atom stereocenters. The van der Waals surface area contributed by atoms with Gasteiger partial charge in [0, 0.05) is 11.9 Å². The number of sulfone groups is 1. The highest BCUT2D eigenvalue weighted by Gasteiger charge is 2.26. The van der Waals surface area contributed by atoms with Crippen molar-refractivity contribution in [3.63, 3.8) is 0 Å². The van der Waals surface area contributed by atoms with Crippen molar-refractivity contribution in [2.45, 2.75) is 64.0 Å². The Labute approximate surface area is 117 Å². The van der Waals surface area contributed by atoms with E-state index >= 15 is 0 Å². The van der Waals surface area contributed by atoms with Crippen LogP contribution in [0.3, 0.4) is 0 Å². The largest absolute Gasteiger partial charge is 0.364 e. The second-order valence-electron chi connectivity index (χ2n) is 5.18. The molecule has 0 saturated carbocycles. The van der Waals surface area contributed by atoms with E-state index in [0.29, 0.717) is 5.75 Å². The standard InChI is InChI=1S/C15H27NO2S/c1-3-5-7-11-15(14-10-9-12-16-14)19(17,18)13-8-6-4-2/h9-10,12,15-16H,3-8,11,13H2,1-2H3. The monoisotopic (exact) mass is 285 g/mol. The Morgan fingerprint density at radius 3 is 2.37 bits per heavy atom. The summed E-state index contributed by atoms with van der Waals surface area (Å²) >= 11 is 0. The molecule has 0 bridgehead atoms. The van der Waals surface area contributed by atoms with E-state index in [-0.39, 0.29) is 5.25 Å². The summed E-state index contributed by atoms with van der Waals surface area (Å²) in [7, 11) is -3.03. The van der Waals surface area contributed by atoms with Crippen LogP contribution in [-0.2, 0) is 9.84 Å². The van der Waals surface area contributed by atoms with Crippen molar-refractivity contribution in [1.82, 2.24) is 4.98 Å². The summed E-state index contributed by atoms with van der Waals surface area (Å²) in [6.45, 7) is 4.23. The Morgan fingerprint density at radius 2 is 1.79 bits per heavy atom. The number of aromatic nitrogens is 1. The van der Waals surface area contributed by atoms with Gasteiger partial charge in [-0.25, -0.2) is 8.42 Å². The molecular formula is C15H27NO2S. The molecule has 3 nitrogen and oxygen atoms in total. The molecule has 1 aromatic heterocycles. The first-order valence-electron chi connectivity index (χ1n) is 7.46. The minimum Gasteiger partial charge on any atom is -0.364 e. The van der Waals surface area contributed by atoms with Crippen molar-refractivity contribution in [2.75, 3.05) is 5.75 Å². The maximum Gasteiger partial charge on any atom is 0.158 e. The maximum atomic E-state index is 12.5. The molecule has 1 rings (SSSR count). The Kier molecular flexibility index (Phi) is 7.21. The summed E-state index contributed by atoms with van der Waals surface area (Å²) in [5.41, 5.74) is 0.854. The fraction of sp³-hybridized carbons (Fsp3) is 0.733. The maximum absolute atomic E-state index is 12.5. The van der Waals surface area contributed by atoms with Crippen molar-refractivity contribution in [3.8, 4) is 0 Å². The zero-order valence-electron chi connectivity index (χ0n) is 12.2.